The molecule has 0 aromatic heterocycles. The van der Waals surface area contributed by atoms with Crippen LogP contribution in [-0.4, -0.2) is 5.84 Å². The van der Waals surface area contributed by atoms with Crippen molar-refractivity contribution < 1.29 is 1.43 Å². The van der Waals surface area contributed by atoms with Gasteiger partial charge in [-0.1, -0.05) is 23.8 Å². The van der Waals surface area contributed by atoms with Crippen molar-refractivity contribution in [2.45, 2.75) is 6.92 Å². The molecule has 0 fully saturated rings. The number of hydrogen-bond acceptors (Lipinski definition) is 4. The fraction of sp³-hybridized carbons (Fsp3) is 0.125. The first-order valence-electron chi connectivity index (χ1n) is 3.77. The van der Waals surface area contributed by atoms with Crippen molar-refractivity contribution in [2.24, 2.45) is 5.10 Å². The average Bonchev–Trinajstić information content (AvgIpc) is 2.56. The van der Waals surface area contributed by atoms with Crippen molar-refractivity contribution in [3.05, 3.63) is 35.4 Å². The van der Waals surface area contributed by atoms with Crippen LogP contribution in [0, 0.1) is 6.92 Å². The van der Waals surface area contributed by atoms with Crippen LogP contribution in [0.3, 0.4) is 0 Å². The molecule has 3 N–H and O–H groups in total. The quantitative estimate of drug-likeness (QED) is 0.567. The van der Waals surface area contributed by atoms with Crippen molar-refractivity contribution >= 4 is 5.84 Å². The summed E-state index contributed by atoms with van der Waals surface area (Å²) >= 11 is 0. The van der Waals surface area contributed by atoms with Crippen molar-refractivity contribution in [1.82, 2.24) is 16.5 Å². The lowest BCUT2D eigenvalue weighted by Gasteiger charge is -2.00. The molecule has 0 amide bonds. The van der Waals surface area contributed by atoms with Crippen LogP contribution in [0.25, 0.3) is 0 Å². The second-order valence-electron chi connectivity index (χ2n) is 2.69. The first kappa shape index (κ1) is 7.12. The minimum Gasteiger partial charge on any atom is -0.285 e. The van der Waals surface area contributed by atoms with Gasteiger partial charge in [0, 0.05) is 6.99 Å². The van der Waals surface area contributed by atoms with Crippen molar-refractivity contribution in [1.29, 1.82) is 0 Å². The molecule has 12 heavy (non-hydrogen) atoms. The summed E-state index contributed by atoms with van der Waals surface area (Å²) < 4.78 is 0. The molecule has 0 aliphatic carbocycles. The summed E-state index contributed by atoms with van der Waals surface area (Å²) in [4.78, 5) is 0. The molecule has 0 saturated heterocycles. The Hall–Kier alpha value is -1.55. The van der Waals surface area contributed by atoms with Crippen LogP contribution in [0.15, 0.2) is 29.4 Å². The predicted octanol–water partition coefficient (Wildman–Crippen LogP) is 0.515. The van der Waals surface area contributed by atoms with Gasteiger partial charge in [-0.2, -0.15) is 0 Å². The molecule has 0 atom stereocenters. The highest BCUT2D eigenvalue weighted by Crippen LogP contribution is 2.04. The molecule has 4 heteroatoms. The SMILES string of the molecule is Cc1cccc(C2=NNNN2)c1.[HH]. The molecular formula is C8H12N4. The Morgan fingerprint density at radius 1 is 1.42 bits per heavy atom. The predicted molar refractivity (Wildman–Crippen MR) is 49.2 cm³/mol. The lowest BCUT2D eigenvalue weighted by molar-refractivity contribution is 0.577. The topological polar surface area (TPSA) is 48.5 Å². The van der Waals surface area contributed by atoms with Crippen molar-refractivity contribution in [3.63, 3.8) is 0 Å². The Morgan fingerprint density at radius 2 is 2.33 bits per heavy atom. The van der Waals surface area contributed by atoms with E-state index in [0.717, 1.165) is 11.4 Å². The zero-order chi connectivity index (χ0) is 8.39. The van der Waals surface area contributed by atoms with Crippen LogP contribution in [0.1, 0.15) is 12.6 Å². The molecule has 1 aliphatic heterocycles. The van der Waals surface area contributed by atoms with Gasteiger partial charge in [-0.3, -0.25) is 5.43 Å². The molecule has 1 heterocycles. The summed E-state index contributed by atoms with van der Waals surface area (Å²) in [5.41, 5.74) is 10.5. The zero-order valence-corrected chi connectivity index (χ0v) is 6.76. The van der Waals surface area contributed by atoms with E-state index in [1.807, 2.05) is 12.1 Å². The van der Waals surface area contributed by atoms with Crippen molar-refractivity contribution in [3.8, 4) is 0 Å². The minimum absolute atomic E-state index is 0. The van der Waals surface area contributed by atoms with Crippen LogP contribution < -0.4 is 16.5 Å². The summed E-state index contributed by atoms with van der Waals surface area (Å²) in [5.74, 6) is 0.818. The largest absolute Gasteiger partial charge is 0.285 e. The number of aryl methyl sites for hydroxylation is 1. The molecule has 1 aromatic carbocycles. The third kappa shape index (κ3) is 1.24. The highest BCUT2D eigenvalue weighted by atomic mass is 15.8. The van der Waals surface area contributed by atoms with Gasteiger partial charge in [0.1, 0.15) is 0 Å². The summed E-state index contributed by atoms with van der Waals surface area (Å²) in [6.45, 7) is 2.06. The van der Waals surface area contributed by atoms with Crippen LogP contribution >= 0.6 is 0 Å². The van der Waals surface area contributed by atoms with Gasteiger partial charge in [0.2, 0.25) is 0 Å². The molecule has 0 radical (unpaired) electrons. The van der Waals surface area contributed by atoms with E-state index >= 15 is 0 Å². The van der Waals surface area contributed by atoms with Gasteiger partial charge >= 0.3 is 0 Å². The highest BCUT2D eigenvalue weighted by molar-refractivity contribution is 5.98. The smallest absolute Gasteiger partial charge is 0.170 e. The van der Waals surface area contributed by atoms with Gasteiger partial charge in [-0.25, -0.2) is 5.53 Å². The van der Waals surface area contributed by atoms with E-state index in [-0.39, 0.29) is 1.43 Å². The number of amidine groups is 1. The molecule has 1 aromatic rings. The number of rotatable bonds is 1. The van der Waals surface area contributed by atoms with E-state index < -0.39 is 0 Å². The Bertz CT molecular complexity index is 324. The molecule has 1 aliphatic rings. The molecule has 4 nitrogen and oxygen atoms in total. The van der Waals surface area contributed by atoms with Gasteiger partial charge in [-0.05, 0) is 13.0 Å². The third-order valence-corrected chi connectivity index (χ3v) is 1.70. The number of nitrogens with zero attached hydrogens (tertiary/aromatic N) is 1. The summed E-state index contributed by atoms with van der Waals surface area (Å²) in [5, 5.41) is 3.99. The fourth-order valence-corrected chi connectivity index (χ4v) is 1.13. The van der Waals surface area contributed by atoms with Crippen LogP contribution in [0.5, 0.6) is 0 Å². The first-order valence-corrected chi connectivity index (χ1v) is 3.77. The first-order chi connectivity index (χ1) is 5.86. The highest BCUT2D eigenvalue weighted by Gasteiger charge is 2.06. The molecular weight excluding hydrogens is 152 g/mol. The van der Waals surface area contributed by atoms with E-state index in [0.29, 0.717) is 0 Å². The molecule has 0 unspecified atom stereocenters. The van der Waals surface area contributed by atoms with Gasteiger partial charge in [-0.15, -0.1) is 10.6 Å². The maximum atomic E-state index is 3.99. The van der Waals surface area contributed by atoms with E-state index in [9.17, 15) is 0 Å². The number of hydrazone groups is 1. The Kier molecular flexibility index (Phi) is 1.68. The molecule has 0 spiro atoms. The minimum atomic E-state index is 0. The van der Waals surface area contributed by atoms with E-state index in [1.165, 1.54) is 5.56 Å². The number of hydrogen-bond donors (Lipinski definition) is 3. The van der Waals surface area contributed by atoms with Gasteiger partial charge in [0.05, 0.1) is 0 Å². The molecule has 64 valence electrons. The van der Waals surface area contributed by atoms with E-state index in [1.54, 1.807) is 0 Å². The second kappa shape index (κ2) is 2.83. The zero-order valence-electron chi connectivity index (χ0n) is 6.76. The molecule has 0 saturated carbocycles. The Balaban J connectivity index is 0.000000845. The molecule has 2 rings (SSSR count). The average molecular weight is 164 g/mol. The normalized spacial score (nSPS) is 14.9. The maximum Gasteiger partial charge on any atom is 0.170 e. The van der Waals surface area contributed by atoms with E-state index in [2.05, 4.69) is 40.7 Å². The second-order valence-corrected chi connectivity index (χ2v) is 2.69. The van der Waals surface area contributed by atoms with Gasteiger partial charge < -0.3 is 0 Å². The van der Waals surface area contributed by atoms with Crippen LogP contribution in [-0.2, 0) is 0 Å². The lowest BCUT2D eigenvalue weighted by atomic mass is 10.1. The summed E-state index contributed by atoms with van der Waals surface area (Å²) in [7, 11) is 0. The van der Waals surface area contributed by atoms with Gasteiger partial charge in [0.15, 0.2) is 5.84 Å². The van der Waals surface area contributed by atoms with Gasteiger partial charge in [0.25, 0.3) is 0 Å². The van der Waals surface area contributed by atoms with Crippen LogP contribution in [0.2, 0.25) is 0 Å². The maximum absolute atomic E-state index is 3.99. The molecule has 0 bridgehead atoms. The number of nitrogens with one attached hydrogen (secondary N) is 3. The number of hydrazine groups is 2. The standard InChI is InChI=1S/C8H10N4.H2/c1-6-3-2-4-7(5-6)8-9-11-12-10-8;/h2-5,11-12H,1H3,(H,9,10);1H. The van der Waals surface area contributed by atoms with E-state index in [4.69, 9.17) is 0 Å². The third-order valence-electron chi connectivity index (χ3n) is 1.70. The Morgan fingerprint density at radius 3 is 3.00 bits per heavy atom. The number of benzene rings is 1. The lowest BCUT2D eigenvalue weighted by Crippen LogP contribution is -2.35. The van der Waals surface area contributed by atoms with Crippen molar-refractivity contribution in [2.75, 3.05) is 0 Å². The fourth-order valence-electron chi connectivity index (χ4n) is 1.13. The monoisotopic (exact) mass is 164 g/mol. The van der Waals surface area contributed by atoms with Crippen LogP contribution in [0.4, 0.5) is 0 Å². The Labute approximate surface area is 72.1 Å². The summed E-state index contributed by atoms with van der Waals surface area (Å²) in [6.07, 6.45) is 0. The summed E-state index contributed by atoms with van der Waals surface area (Å²) in [6, 6.07) is 8.14.